The van der Waals surface area contributed by atoms with Gasteiger partial charge in [0, 0.05) is 5.88 Å². The third kappa shape index (κ3) is 4.18. The molecule has 0 amide bonds. The van der Waals surface area contributed by atoms with Crippen molar-refractivity contribution in [3.63, 3.8) is 0 Å². The fourth-order valence-electron chi connectivity index (χ4n) is 0.963. The van der Waals surface area contributed by atoms with Gasteiger partial charge in [0.25, 0.3) is 0 Å². The van der Waals surface area contributed by atoms with Crippen LogP contribution in [-0.2, 0) is 10.9 Å². The Morgan fingerprint density at radius 1 is 1.47 bits per heavy atom. The number of aromatic nitrogens is 1. The van der Waals surface area contributed by atoms with E-state index in [4.69, 9.17) is 0 Å². The Bertz CT molecular complexity index is 409. The number of halogens is 3. The zero-order chi connectivity index (χ0) is 12.3. The Hall–Kier alpha value is -0.790. The molecule has 4 nitrogen and oxygen atoms in total. The number of alkyl halides is 3. The summed E-state index contributed by atoms with van der Waals surface area (Å²) in [7, 11) is 0. The van der Waals surface area contributed by atoms with Crippen molar-refractivity contribution < 1.29 is 57.4 Å². The van der Waals surface area contributed by atoms with E-state index in [1.54, 1.807) is 0 Å². The van der Waals surface area contributed by atoms with Crippen molar-refractivity contribution in [1.29, 1.82) is 0 Å². The van der Waals surface area contributed by atoms with Gasteiger partial charge < -0.3 is 9.84 Å². The maximum atomic E-state index is 12.1. The quantitative estimate of drug-likeness (QED) is 0.470. The smallest absolute Gasteiger partial charge is 0.858 e. The number of hydrogen-bond donors (Lipinski definition) is 0. The first-order chi connectivity index (χ1) is 7.36. The van der Waals surface area contributed by atoms with Gasteiger partial charge in [-0.25, -0.2) is 4.79 Å². The average Bonchev–Trinajstić information content (AvgIpc) is 2.16. The summed E-state index contributed by atoms with van der Waals surface area (Å²) in [5.74, 6) is -2.22. The molecular formula is C9H7F3NNaO3. The number of rotatable bonds is 2. The fourth-order valence-corrected chi connectivity index (χ4v) is 0.963. The topological polar surface area (TPSA) is 62.2 Å². The summed E-state index contributed by atoms with van der Waals surface area (Å²) >= 11 is 0. The van der Waals surface area contributed by atoms with Crippen LogP contribution in [0.2, 0.25) is 0 Å². The van der Waals surface area contributed by atoms with E-state index >= 15 is 0 Å². The van der Waals surface area contributed by atoms with E-state index < -0.39 is 29.3 Å². The normalized spacial score (nSPS) is 10.6. The summed E-state index contributed by atoms with van der Waals surface area (Å²) in [4.78, 5) is 13.8. The van der Waals surface area contributed by atoms with Crippen LogP contribution in [0.15, 0.2) is 12.1 Å². The molecule has 0 bridgehead atoms. The minimum absolute atomic E-state index is 0. The number of esters is 1. The average molecular weight is 257 g/mol. The fraction of sp³-hybridized carbons (Fsp3) is 0.333. The van der Waals surface area contributed by atoms with E-state index in [1.807, 2.05) is 0 Å². The number of hydrogen-bond acceptors (Lipinski definition) is 4. The maximum Gasteiger partial charge on any atom is 1.00 e. The first-order valence-corrected chi connectivity index (χ1v) is 4.28. The van der Waals surface area contributed by atoms with Crippen LogP contribution in [-0.4, -0.2) is 17.6 Å². The standard InChI is InChI=1S/C9H8F3NO3.Na/c1-2-16-8(15)5-3-4-6(9(10,11)12)13-7(5)14;/h3-4H,2H2,1H3,(H,13,14);/q;+1/p-1. The van der Waals surface area contributed by atoms with Crippen LogP contribution in [0.25, 0.3) is 0 Å². The Kier molecular flexibility index (Phi) is 5.94. The van der Waals surface area contributed by atoms with Gasteiger partial charge in [0.1, 0.15) is 5.69 Å². The molecule has 88 valence electrons. The van der Waals surface area contributed by atoms with Crippen molar-refractivity contribution in [2.75, 3.05) is 6.61 Å². The summed E-state index contributed by atoms with van der Waals surface area (Å²) in [6.45, 7) is 1.54. The van der Waals surface area contributed by atoms with Gasteiger partial charge in [0.05, 0.1) is 12.2 Å². The third-order valence-electron chi connectivity index (χ3n) is 1.65. The van der Waals surface area contributed by atoms with Crippen molar-refractivity contribution in [2.24, 2.45) is 0 Å². The van der Waals surface area contributed by atoms with E-state index in [2.05, 4.69) is 9.72 Å². The summed E-state index contributed by atoms with van der Waals surface area (Å²) in [5.41, 5.74) is -1.83. The third-order valence-corrected chi connectivity index (χ3v) is 1.65. The maximum absolute atomic E-state index is 12.1. The van der Waals surface area contributed by atoms with Crippen LogP contribution in [0, 0.1) is 0 Å². The molecule has 0 unspecified atom stereocenters. The second-order valence-electron chi connectivity index (χ2n) is 2.77. The van der Waals surface area contributed by atoms with Crippen LogP contribution in [0.3, 0.4) is 0 Å². The number of pyridine rings is 1. The van der Waals surface area contributed by atoms with Gasteiger partial charge in [-0.05, 0) is 19.1 Å². The van der Waals surface area contributed by atoms with Crippen LogP contribution in [0.1, 0.15) is 23.0 Å². The molecule has 0 aromatic carbocycles. The minimum atomic E-state index is -4.70. The molecule has 0 fully saturated rings. The van der Waals surface area contributed by atoms with E-state index in [0.717, 1.165) is 6.07 Å². The van der Waals surface area contributed by atoms with Crippen LogP contribution in [0.4, 0.5) is 13.2 Å². The Morgan fingerprint density at radius 2 is 2.06 bits per heavy atom. The zero-order valence-corrected chi connectivity index (χ0v) is 11.2. The molecule has 0 aliphatic carbocycles. The van der Waals surface area contributed by atoms with E-state index in [-0.39, 0.29) is 36.2 Å². The molecule has 0 aliphatic rings. The molecule has 0 N–H and O–H groups in total. The number of ether oxygens (including phenoxy) is 1. The Balaban J connectivity index is 0.00000256. The van der Waals surface area contributed by atoms with Crippen LogP contribution < -0.4 is 34.7 Å². The summed E-state index contributed by atoms with van der Waals surface area (Å²) in [5, 5.41) is 11.1. The second kappa shape index (κ2) is 6.23. The van der Waals surface area contributed by atoms with E-state index in [9.17, 15) is 23.1 Å². The molecule has 0 saturated heterocycles. The Labute approximate surface area is 117 Å². The SMILES string of the molecule is CCOC(=O)c1ccc(C(F)(F)F)nc1[O-].[Na+]. The predicted molar refractivity (Wildman–Crippen MR) is 44.6 cm³/mol. The van der Waals surface area contributed by atoms with Gasteiger partial charge in [-0.3, -0.25) is 4.98 Å². The van der Waals surface area contributed by atoms with Gasteiger partial charge in [-0.15, -0.1) is 0 Å². The van der Waals surface area contributed by atoms with Crippen molar-refractivity contribution >= 4 is 5.97 Å². The molecule has 8 heteroatoms. The van der Waals surface area contributed by atoms with E-state index in [1.165, 1.54) is 6.92 Å². The molecular weight excluding hydrogens is 250 g/mol. The Morgan fingerprint density at radius 3 is 2.47 bits per heavy atom. The van der Waals surface area contributed by atoms with Gasteiger partial charge in [0.2, 0.25) is 0 Å². The van der Waals surface area contributed by atoms with Crippen molar-refractivity contribution in [3.05, 3.63) is 23.4 Å². The van der Waals surface area contributed by atoms with Crippen LogP contribution >= 0.6 is 0 Å². The monoisotopic (exact) mass is 257 g/mol. The van der Waals surface area contributed by atoms with Gasteiger partial charge in [0.15, 0.2) is 0 Å². The molecule has 17 heavy (non-hydrogen) atoms. The molecule has 1 rings (SSSR count). The molecule has 0 radical (unpaired) electrons. The summed E-state index contributed by atoms with van der Waals surface area (Å²) in [6.07, 6.45) is -4.70. The van der Waals surface area contributed by atoms with Crippen LogP contribution in [0.5, 0.6) is 5.88 Å². The molecule has 0 atom stereocenters. The molecule has 1 aromatic rings. The van der Waals surface area contributed by atoms with Gasteiger partial charge >= 0.3 is 41.7 Å². The molecule has 1 heterocycles. The molecule has 0 aliphatic heterocycles. The second-order valence-corrected chi connectivity index (χ2v) is 2.77. The van der Waals surface area contributed by atoms with E-state index in [0.29, 0.717) is 6.07 Å². The van der Waals surface area contributed by atoms with Crippen molar-refractivity contribution in [2.45, 2.75) is 13.1 Å². The molecule has 0 saturated carbocycles. The first kappa shape index (κ1) is 16.2. The number of nitrogens with zero attached hydrogens (tertiary/aromatic N) is 1. The zero-order valence-electron chi connectivity index (χ0n) is 9.17. The molecule has 1 aromatic heterocycles. The number of carbonyl (C=O) groups excluding carboxylic acids is 1. The minimum Gasteiger partial charge on any atom is -0.858 e. The van der Waals surface area contributed by atoms with Crippen molar-refractivity contribution in [3.8, 4) is 5.88 Å². The molecule has 0 spiro atoms. The predicted octanol–water partition coefficient (Wildman–Crippen LogP) is -1.65. The van der Waals surface area contributed by atoms with Gasteiger partial charge in [-0.1, -0.05) is 0 Å². The first-order valence-electron chi connectivity index (χ1n) is 4.28. The summed E-state index contributed by atoms with van der Waals surface area (Å²) < 4.78 is 40.9. The van der Waals surface area contributed by atoms with Crippen molar-refractivity contribution in [1.82, 2.24) is 4.98 Å². The largest absolute Gasteiger partial charge is 1.00 e. The number of carbonyl (C=O) groups is 1. The summed E-state index contributed by atoms with van der Waals surface area (Å²) in [6, 6.07) is 1.32. The van der Waals surface area contributed by atoms with Gasteiger partial charge in [-0.2, -0.15) is 13.2 Å².